The number of hydrogen-bond acceptors (Lipinski definition) is 2. The largest absolute Gasteiger partial charge is 0.370 e. The zero-order valence-electron chi connectivity index (χ0n) is 9.92. The number of halogens is 1. The van der Waals surface area contributed by atoms with Gasteiger partial charge in [0.1, 0.15) is 11.9 Å². The summed E-state index contributed by atoms with van der Waals surface area (Å²) >= 11 is 0. The Labute approximate surface area is 96.1 Å². The second-order valence-corrected chi connectivity index (χ2v) is 5.10. The van der Waals surface area contributed by atoms with Gasteiger partial charge in [-0.25, -0.2) is 4.39 Å². The number of anilines is 1. The van der Waals surface area contributed by atoms with E-state index in [1.165, 1.54) is 12.1 Å². The monoisotopic (exact) mass is 220 g/mol. The molecule has 0 aliphatic carbocycles. The molecule has 16 heavy (non-hydrogen) atoms. The number of nitrogens with zero attached hydrogens (tertiary/aromatic N) is 1. The fraction of sp³-hybridized carbons (Fsp3) is 0.462. The van der Waals surface area contributed by atoms with Gasteiger partial charge >= 0.3 is 0 Å². The van der Waals surface area contributed by atoms with Crippen LogP contribution in [0.15, 0.2) is 24.3 Å². The standard InChI is InChI=1S/C13H17FN2/c1-13(2,3)8-12(9-15)16-11-6-4-5-10(14)7-11/h4-7,12,16H,8H2,1-3H3. The van der Waals surface area contributed by atoms with Gasteiger partial charge in [0, 0.05) is 5.69 Å². The van der Waals surface area contributed by atoms with Crippen molar-refractivity contribution in [3.63, 3.8) is 0 Å². The van der Waals surface area contributed by atoms with Crippen molar-refractivity contribution in [1.82, 2.24) is 0 Å². The van der Waals surface area contributed by atoms with Gasteiger partial charge in [-0.05, 0) is 30.0 Å². The third-order valence-corrected chi connectivity index (χ3v) is 2.14. The van der Waals surface area contributed by atoms with Crippen molar-refractivity contribution >= 4 is 5.69 Å². The van der Waals surface area contributed by atoms with Gasteiger partial charge in [0.15, 0.2) is 0 Å². The number of benzene rings is 1. The van der Waals surface area contributed by atoms with Crippen molar-refractivity contribution in [3.8, 4) is 6.07 Å². The van der Waals surface area contributed by atoms with Gasteiger partial charge < -0.3 is 5.32 Å². The van der Waals surface area contributed by atoms with Gasteiger partial charge in [-0.3, -0.25) is 0 Å². The van der Waals surface area contributed by atoms with Gasteiger partial charge in [-0.2, -0.15) is 5.26 Å². The molecule has 1 rings (SSSR count). The van der Waals surface area contributed by atoms with E-state index in [-0.39, 0.29) is 17.3 Å². The van der Waals surface area contributed by atoms with Crippen LogP contribution in [0.25, 0.3) is 0 Å². The third-order valence-electron chi connectivity index (χ3n) is 2.14. The average molecular weight is 220 g/mol. The molecule has 0 bridgehead atoms. The van der Waals surface area contributed by atoms with Gasteiger partial charge in [0.05, 0.1) is 6.07 Å². The van der Waals surface area contributed by atoms with E-state index in [0.29, 0.717) is 5.69 Å². The van der Waals surface area contributed by atoms with Gasteiger partial charge in [0.2, 0.25) is 0 Å². The minimum Gasteiger partial charge on any atom is -0.370 e. The molecule has 0 radical (unpaired) electrons. The van der Waals surface area contributed by atoms with E-state index < -0.39 is 0 Å². The lowest BCUT2D eigenvalue weighted by atomic mass is 9.88. The van der Waals surface area contributed by atoms with Crippen molar-refractivity contribution in [2.75, 3.05) is 5.32 Å². The maximum Gasteiger partial charge on any atom is 0.125 e. The zero-order chi connectivity index (χ0) is 12.2. The molecule has 0 aliphatic heterocycles. The molecule has 0 saturated heterocycles. The van der Waals surface area contributed by atoms with Crippen LogP contribution in [0.5, 0.6) is 0 Å². The predicted octanol–water partition coefficient (Wildman–Crippen LogP) is 3.57. The smallest absolute Gasteiger partial charge is 0.125 e. The quantitative estimate of drug-likeness (QED) is 0.845. The Kier molecular flexibility index (Phi) is 3.89. The predicted molar refractivity (Wildman–Crippen MR) is 63.5 cm³/mol. The Morgan fingerprint density at radius 1 is 1.44 bits per heavy atom. The molecule has 0 amide bonds. The number of nitrogens with one attached hydrogen (secondary N) is 1. The highest BCUT2D eigenvalue weighted by molar-refractivity contribution is 5.45. The minimum atomic E-state index is -0.294. The number of nitriles is 1. The second kappa shape index (κ2) is 4.98. The molecule has 1 N–H and O–H groups in total. The lowest BCUT2D eigenvalue weighted by molar-refractivity contribution is 0.370. The van der Waals surface area contributed by atoms with Gasteiger partial charge in [-0.15, -0.1) is 0 Å². The van der Waals surface area contributed by atoms with Crippen LogP contribution in [0.1, 0.15) is 27.2 Å². The van der Waals surface area contributed by atoms with E-state index in [4.69, 9.17) is 5.26 Å². The van der Waals surface area contributed by atoms with E-state index in [2.05, 4.69) is 32.2 Å². The first-order valence-corrected chi connectivity index (χ1v) is 5.32. The average Bonchev–Trinajstić information content (AvgIpc) is 2.14. The lowest BCUT2D eigenvalue weighted by Crippen LogP contribution is -2.24. The fourth-order valence-corrected chi connectivity index (χ4v) is 1.52. The highest BCUT2D eigenvalue weighted by Crippen LogP contribution is 2.22. The first-order chi connectivity index (χ1) is 7.40. The second-order valence-electron chi connectivity index (χ2n) is 5.10. The summed E-state index contributed by atoms with van der Waals surface area (Å²) < 4.78 is 12.9. The van der Waals surface area contributed by atoms with Crippen molar-refractivity contribution in [2.24, 2.45) is 5.41 Å². The molecule has 0 aromatic heterocycles. The van der Waals surface area contributed by atoms with E-state index in [1.807, 2.05) is 0 Å². The molecule has 0 spiro atoms. The van der Waals surface area contributed by atoms with Crippen LogP contribution in [-0.2, 0) is 0 Å². The van der Waals surface area contributed by atoms with Crippen molar-refractivity contribution in [1.29, 1.82) is 5.26 Å². The summed E-state index contributed by atoms with van der Waals surface area (Å²) in [6.07, 6.45) is 0.722. The molecule has 0 aliphatic rings. The summed E-state index contributed by atoms with van der Waals surface area (Å²) in [5.41, 5.74) is 0.719. The van der Waals surface area contributed by atoms with E-state index in [1.54, 1.807) is 12.1 Å². The van der Waals surface area contributed by atoms with Gasteiger partial charge in [0.25, 0.3) is 0 Å². The maximum atomic E-state index is 12.9. The summed E-state index contributed by atoms with van der Waals surface area (Å²) in [6, 6.07) is 8.07. The van der Waals surface area contributed by atoms with Crippen LogP contribution in [0.4, 0.5) is 10.1 Å². The molecule has 3 heteroatoms. The first kappa shape index (κ1) is 12.5. The fourth-order valence-electron chi connectivity index (χ4n) is 1.52. The van der Waals surface area contributed by atoms with Crippen LogP contribution in [0, 0.1) is 22.6 Å². The summed E-state index contributed by atoms with van der Waals surface area (Å²) in [5.74, 6) is -0.294. The highest BCUT2D eigenvalue weighted by Gasteiger charge is 2.18. The van der Waals surface area contributed by atoms with Crippen molar-refractivity contribution in [3.05, 3.63) is 30.1 Å². The Bertz CT molecular complexity index is 388. The summed E-state index contributed by atoms with van der Waals surface area (Å²) in [5, 5.41) is 12.0. The van der Waals surface area contributed by atoms with Crippen LogP contribution < -0.4 is 5.32 Å². The van der Waals surface area contributed by atoms with Gasteiger partial charge in [-0.1, -0.05) is 26.8 Å². The number of hydrogen-bond donors (Lipinski definition) is 1. The number of rotatable bonds is 3. The molecular weight excluding hydrogens is 203 g/mol. The van der Waals surface area contributed by atoms with Crippen LogP contribution in [0.2, 0.25) is 0 Å². The highest BCUT2D eigenvalue weighted by atomic mass is 19.1. The van der Waals surface area contributed by atoms with Crippen LogP contribution in [0.3, 0.4) is 0 Å². The molecular formula is C13H17FN2. The van der Waals surface area contributed by atoms with E-state index in [9.17, 15) is 4.39 Å². The van der Waals surface area contributed by atoms with E-state index in [0.717, 1.165) is 6.42 Å². The lowest BCUT2D eigenvalue weighted by Gasteiger charge is -2.22. The third kappa shape index (κ3) is 4.31. The van der Waals surface area contributed by atoms with Crippen molar-refractivity contribution < 1.29 is 4.39 Å². The molecule has 2 nitrogen and oxygen atoms in total. The summed E-state index contributed by atoms with van der Waals surface area (Å²) in [4.78, 5) is 0. The Balaban J connectivity index is 2.68. The molecule has 0 saturated carbocycles. The van der Waals surface area contributed by atoms with Crippen LogP contribution in [-0.4, -0.2) is 6.04 Å². The summed E-state index contributed by atoms with van der Waals surface area (Å²) in [6.45, 7) is 6.22. The molecule has 0 heterocycles. The first-order valence-electron chi connectivity index (χ1n) is 5.32. The molecule has 1 unspecified atom stereocenters. The maximum absolute atomic E-state index is 12.9. The normalized spacial score (nSPS) is 12.9. The Hall–Kier alpha value is -1.56. The Morgan fingerprint density at radius 2 is 2.12 bits per heavy atom. The molecule has 1 atom stereocenters. The zero-order valence-corrected chi connectivity index (χ0v) is 9.92. The van der Waals surface area contributed by atoms with Crippen LogP contribution >= 0.6 is 0 Å². The SMILES string of the molecule is CC(C)(C)CC(C#N)Nc1cccc(F)c1. The molecule has 1 aromatic rings. The van der Waals surface area contributed by atoms with E-state index >= 15 is 0 Å². The van der Waals surface area contributed by atoms with Crippen molar-refractivity contribution in [2.45, 2.75) is 33.2 Å². The Morgan fingerprint density at radius 3 is 2.62 bits per heavy atom. The molecule has 0 fully saturated rings. The molecule has 1 aromatic carbocycles. The minimum absolute atomic E-state index is 0.0702. The topological polar surface area (TPSA) is 35.8 Å². The summed E-state index contributed by atoms with van der Waals surface area (Å²) in [7, 11) is 0. The molecule has 86 valence electrons.